The summed E-state index contributed by atoms with van der Waals surface area (Å²) in [5, 5.41) is 13.6. The van der Waals surface area contributed by atoms with Crippen LogP contribution in [-0.4, -0.2) is 15.8 Å². The van der Waals surface area contributed by atoms with Crippen molar-refractivity contribution in [3.63, 3.8) is 0 Å². The van der Waals surface area contributed by atoms with E-state index in [4.69, 9.17) is 17.3 Å². The summed E-state index contributed by atoms with van der Waals surface area (Å²) in [5.41, 5.74) is 6.01. The highest BCUT2D eigenvalue weighted by Gasteiger charge is 2.15. The lowest BCUT2D eigenvalue weighted by Crippen LogP contribution is -2.23. The zero-order valence-electron chi connectivity index (χ0n) is 10.7. The Hall–Kier alpha value is -2.67. The maximum atomic E-state index is 12.0. The molecule has 0 atom stereocenters. The Labute approximate surface area is 124 Å². The second-order valence-corrected chi connectivity index (χ2v) is 4.56. The number of halogens is 1. The number of para-hydroxylation sites is 1. The number of carbonyl (C=O) groups is 1. The van der Waals surface area contributed by atoms with E-state index >= 15 is 0 Å². The molecule has 2 rings (SSSR count). The number of nitrogens with two attached hydrogens (primary N) is 1. The number of hydrogen-bond acceptors (Lipinski definition) is 5. The number of anilines is 1. The monoisotopic (exact) mass is 306 g/mol. The molecule has 0 aliphatic rings. The van der Waals surface area contributed by atoms with Gasteiger partial charge in [-0.1, -0.05) is 29.8 Å². The molecule has 0 aliphatic heterocycles. The van der Waals surface area contributed by atoms with Gasteiger partial charge in [0.25, 0.3) is 11.6 Å². The number of hydrogen-bond donors (Lipinski definition) is 2. The molecule has 0 saturated carbocycles. The predicted octanol–water partition coefficient (Wildman–Crippen LogP) is 2.16. The van der Waals surface area contributed by atoms with Crippen LogP contribution in [0.25, 0.3) is 0 Å². The van der Waals surface area contributed by atoms with Crippen molar-refractivity contribution in [2.75, 3.05) is 5.73 Å². The van der Waals surface area contributed by atoms with Gasteiger partial charge in [0.05, 0.1) is 15.5 Å². The van der Waals surface area contributed by atoms with Gasteiger partial charge in [0.15, 0.2) is 0 Å². The molecule has 8 heteroatoms. The Kier molecular flexibility index (Phi) is 4.34. The van der Waals surface area contributed by atoms with E-state index in [0.29, 0.717) is 5.56 Å². The quantitative estimate of drug-likeness (QED) is 0.664. The number of nitrogen functional groups attached to an aromatic ring is 1. The first kappa shape index (κ1) is 14.7. The zero-order valence-corrected chi connectivity index (χ0v) is 11.5. The summed E-state index contributed by atoms with van der Waals surface area (Å²) < 4.78 is 0. The lowest BCUT2D eigenvalue weighted by molar-refractivity contribution is -0.385. The van der Waals surface area contributed by atoms with Crippen LogP contribution in [0.5, 0.6) is 0 Å². The molecule has 3 N–H and O–H groups in total. The smallest absolute Gasteiger partial charge is 0.274 e. The Morgan fingerprint density at radius 1 is 1.43 bits per heavy atom. The van der Waals surface area contributed by atoms with Crippen LogP contribution in [0.4, 0.5) is 11.5 Å². The minimum atomic E-state index is -0.501. The molecule has 108 valence electrons. The minimum absolute atomic E-state index is 0.00848. The number of amides is 1. The molecule has 0 aliphatic carbocycles. The molecular formula is C13H11ClN4O3. The van der Waals surface area contributed by atoms with Crippen molar-refractivity contribution in [1.29, 1.82) is 0 Å². The molecule has 0 spiro atoms. The summed E-state index contributed by atoms with van der Waals surface area (Å²) in [6.07, 6.45) is 1.27. The van der Waals surface area contributed by atoms with Crippen molar-refractivity contribution >= 4 is 29.0 Å². The van der Waals surface area contributed by atoms with E-state index in [9.17, 15) is 14.9 Å². The first-order valence-electron chi connectivity index (χ1n) is 5.90. The standard InChI is InChI=1S/C13H11ClN4O3/c14-10-7-16-12(15)5-9(10)13(19)17-6-8-3-1-2-4-11(8)18(20)21/h1-5,7H,6H2,(H2,15,16)(H,17,19). The second-order valence-electron chi connectivity index (χ2n) is 4.16. The fraction of sp³-hybridized carbons (Fsp3) is 0.0769. The van der Waals surface area contributed by atoms with Gasteiger partial charge in [0.2, 0.25) is 0 Å². The molecule has 0 unspecified atom stereocenters. The molecule has 2 aromatic rings. The molecule has 0 radical (unpaired) electrons. The number of carbonyl (C=O) groups excluding carboxylic acids is 1. The molecule has 1 heterocycles. The maximum absolute atomic E-state index is 12.0. The third-order valence-corrected chi connectivity index (χ3v) is 3.05. The highest BCUT2D eigenvalue weighted by atomic mass is 35.5. The molecule has 0 fully saturated rings. The summed E-state index contributed by atoms with van der Waals surface area (Å²) in [5.74, 6) is -0.317. The normalized spacial score (nSPS) is 10.1. The molecule has 7 nitrogen and oxygen atoms in total. The SMILES string of the molecule is Nc1cc(C(=O)NCc2ccccc2[N+](=O)[O-])c(Cl)cn1. The fourth-order valence-corrected chi connectivity index (χ4v) is 1.93. The minimum Gasteiger partial charge on any atom is -0.384 e. The van der Waals surface area contributed by atoms with Gasteiger partial charge >= 0.3 is 0 Å². The summed E-state index contributed by atoms with van der Waals surface area (Å²) in [4.78, 5) is 26.2. The van der Waals surface area contributed by atoms with Gasteiger partial charge in [0, 0.05) is 24.4 Å². The van der Waals surface area contributed by atoms with E-state index in [1.54, 1.807) is 18.2 Å². The van der Waals surface area contributed by atoms with E-state index in [2.05, 4.69) is 10.3 Å². The Morgan fingerprint density at radius 2 is 2.14 bits per heavy atom. The van der Waals surface area contributed by atoms with Gasteiger partial charge in [-0.2, -0.15) is 0 Å². The number of nitro benzene ring substituents is 1. The van der Waals surface area contributed by atoms with Crippen molar-refractivity contribution in [3.8, 4) is 0 Å². The average Bonchev–Trinajstić information content (AvgIpc) is 2.47. The van der Waals surface area contributed by atoms with E-state index in [1.807, 2.05) is 0 Å². The third kappa shape index (κ3) is 3.46. The summed E-state index contributed by atoms with van der Waals surface area (Å²) in [6.45, 7) is 0.00848. The number of pyridine rings is 1. The molecule has 21 heavy (non-hydrogen) atoms. The maximum Gasteiger partial charge on any atom is 0.274 e. The molecule has 0 bridgehead atoms. The van der Waals surface area contributed by atoms with Crippen molar-refractivity contribution in [3.05, 3.63) is 62.8 Å². The van der Waals surface area contributed by atoms with Gasteiger partial charge in [-0.15, -0.1) is 0 Å². The van der Waals surface area contributed by atoms with E-state index in [0.717, 1.165) is 0 Å². The first-order chi connectivity index (χ1) is 9.99. The van der Waals surface area contributed by atoms with Crippen molar-refractivity contribution in [2.24, 2.45) is 0 Å². The van der Waals surface area contributed by atoms with Gasteiger partial charge in [-0.05, 0) is 6.07 Å². The lowest BCUT2D eigenvalue weighted by Gasteiger charge is -2.07. The van der Waals surface area contributed by atoms with Crippen molar-refractivity contribution < 1.29 is 9.72 Å². The number of nitrogens with zero attached hydrogens (tertiary/aromatic N) is 2. The van der Waals surface area contributed by atoms with Gasteiger partial charge < -0.3 is 11.1 Å². The predicted molar refractivity (Wildman–Crippen MR) is 77.9 cm³/mol. The number of benzene rings is 1. The molecule has 1 aromatic carbocycles. The van der Waals surface area contributed by atoms with Crippen molar-refractivity contribution in [2.45, 2.75) is 6.54 Å². The first-order valence-corrected chi connectivity index (χ1v) is 6.28. The van der Waals surface area contributed by atoms with Gasteiger partial charge in [-0.25, -0.2) is 4.98 Å². The molecule has 1 amide bonds. The second kappa shape index (κ2) is 6.19. The van der Waals surface area contributed by atoms with Crippen LogP contribution in [0, 0.1) is 10.1 Å². The van der Waals surface area contributed by atoms with E-state index in [-0.39, 0.29) is 28.6 Å². The van der Waals surface area contributed by atoms with Crippen LogP contribution < -0.4 is 11.1 Å². The van der Waals surface area contributed by atoms with Crippen LogP contribution >= 0.6 is 11.6 Å². The average molecular weight is 307 g/mol. The van der Waals surface area contributed by atoms with E-state index in [1.165, 1.54) is 18.3 Å². The molecule has 1 aromatic heterocycles. The van der Waals surface area contributed by atoms with Crippen molar-refractivity contribution in [1.82, 2.24) is 10.3 Å². The van der Waals surface area contributed by atoms with Gasteiger partial charge in [-0.3, -0.25) is 14.9 Å². The summed E-state index contributed by atoms with van der Waals surface area (Å²) >= 11 is 5.87. The number of rotatable bonds is 4. The van der Waals surface area contributed by atoms with Gasteiger partial charge in [0.1, 0.15) is 5.82 Å². The molecular weight excluding hydrogens is 296 g/mol. The number of nitrogens with one attached hydrogen (secondary N) is 1. The largest absolute Gasteiger partial charge is 0.384 e. The lowest BCUT2D eigenvalue weighted by atomic mass is 10.1. The van der Waals surface area contributed by atoms with Crippen LogP contribution in [0.2, 0.25) is 5.02 Å². The summed E-state index contributed by atoms with van der Waals surface area (Å²) in [7, 11) is 0. The Bertz CT molecular complexity index is 706. The Balaban J connectivity index is 2.15. The molecule has 0 saturated heterocycles. The van der Waals surface area contributed by atoms with Crippen LogP contribution in [0.3, 0.4) is 0 Å². The topological polar surface area (TPSA) is 111 Å². The van der Waals surface area contributed by atoms with Crippen LogP contribution in [0.15, 0.2) is 36.5 Å². The Morgan fingerprint density at radius 3 is 2.86 bits per heavy atom. The van der Waals surface area contributed by atoms with E-state index < -0.39 is 10.8 Å². The number of aromatic nitrogens is 1. The highest BCUT2D eigenvalue weighted by molar-refractivity contribution is 6.33. The van der Waals surface area contributed by atoms with Crippen LogP contribution in [0.1, 0.15) is 15.9 Å². The highest BCUT2D eigenvalue weighted by Crippen LogP contribution is 2.19. The third-order valence-electron chi connectivity index (χ3n) is 2.75. The fourth-order valence-electron chi connectivity index (χ4n) is 1.74. The zero-order chi connectivity index (χ0) is 15.4. The van der Waals surface area contributed by atoms with Crippen LogP contribution in [-0.2, 0) is 6.54 Å². The summed E-state index contributed by atoms with van der Waals surface area (Å²) in [6, 6.07) is 7.51. The number of nitro groups is 1.